The zero-order valence-electron chi connectivity index (χ0n) is 16.5. The van der Waals surface area contributed by atoms with Crippen LogP contribution in [0.5, 0.6) is 0 Å². The quantitative estimate of drug-likeness (QED) is 0.282. The summed E-state index contributed by atoms with van der Waals surface area (Å²) in [5.41, 5.74) is 5.86. The van der Waals surface area contributed by atoms with Gasteiger partial charge >= 0.3 is 6.18 Å². The van der Waals surface area contributed by atoms with E-state index in [-0.39, 0.29) is 0 Å². The van der Waals surface area contributed by atoms with Gasteiger partial charge in [0, 0.05) is 16.7 Å². The number of para-hydroxylation sites is 2. The fourth-order valence-electron chi connectivity index (χ4n) is 4.14. The zero-order valence-corrected chi connectivity index (χ0v) is 16.5. The minimum Gasteiger partial charge on any atom is -0.309 e. The molecule has 0 bridgehead atoms. The summed E-state index contributed by atoms with van der Waals surface area (Å²) in [4.78, 5) is 2.03. The molecule has 1 heterocycles. The van der Waals surface area contributed by atoms with Crippen molar-refractivity contribution in [3.05, 3.63) is 120 Å². The lowest BCUT2D eigenvalue weighted by Gasteiger charge is -2.35. The smallest absolute Gasteiger partial charge is 0.309 e. The predicted molar refractivity (Wildman–Crippen MR) is 120 cm³/mol. The highest BCUT2D eigenvalue weighted by molar-refractivity contribution is 6.02. The van der Waals surface area contributed by atoms with Crippen LogP contribution in [0.25, 0.3) is 16.7 Å². The first-order chi connectivity index (χ1) is 14.9. The summed E-state index contributed by atoms with van der Waals surface area (Å²) >= 11 is 0. The lowest BCUT2D eigenvalue weighted by atomic mass is 9.89. The van der Waals surface area contributed by atoms with Crippen molar-refractivity contribution in [2.24, 2.45) is 0 Å². The van der Waals surface area contributed by atoms with Crippen molar-refractivity contribution in [1.29, 1.82) is 0 Å². The van der Waals surface area contributed by atoms with E-state index < -0.39 is 11.7 Å². The Morgan fingerprint density at radius 2 is 1.10 bits per heavy atom. The molecule has 4 heteroatoms. The van der Waals surface area contributed by atoms with Gasteiger partial charge in [-0.05, 0) is 41.5 Å². The molecule has 0 aromatic heterocycles. The second kappa shape index (κ2) is 7.17. The van der Waals surface area contributed by atoms with E-state index in [1.807, 2.05) is 83.8 Å². The predicted octanol–water partition coefficient (Wildman–Crippen LogP) is 8.22. The Labute approximate surface area is 178 Å². The van der Waals surface area contributed by atoms with E-state index in [9.17, 15) is 13.2 Å². The van der Waals surface area contributed by atoms with Crippen molar-refractivity contribution >= 4 is 22.6 Å². The summed E-state index contributed by atoms with van der Waals surface area (Å²) in [5.74, 6) is 0. The Balaban J connectivity index is 1.82. The third kappa shape index (κ3) is 3.21. The summed E-state index contributed by atoms with van der Waals surface area (Å²) in [7, 11) is 0. The van der Waals surface area contributed by atoms with Gasteiger partial charge in [0.05, 0.1) is 22.6 Å². The third-order valence-electron chi connectivity index (χ3n) is 5.59. The van der Waals surface area contributed by atoms with Gasteiger partial charge in [0.15, 0.2) is 0 Å². The molecule has 152 valence electrons. The van der Waals surface area contributed by atoms with Gasteiger partial charge in [0.25, 0.3) is 0 Å². The van der Waals surface area contributed by atoms with Crippen LogP contribution in [-0.4, -0.2) is 0 Å². The molecule has 0 spiro atoms. The zero-order chi connectivity index (χ0) is 21.6. The Morgan fingerprint density at radius 3 is 1.68 bits per heavy atom. The normalized spacial score (nSPS) is 13.0. The van der Waals surface area contributed by atoms with E-state index in [0.717, 1.165) is 39.7 Å². The molecule has 0 radical (unpaired) electrons. The summed E-state index contributed by atoms with van der Waals surface area (Å²) in [5, 5.41) is 0. The lowest BCUT2D eigenvalue weighted by molar-refractivity contribution is -0.137. The van der Waals surface area contributed by atoms with E-state index in [4.69, 9.17) is 0 Å². The molecule has 0 N–H and O–H groups in total. The van der Waals surface area contributed by atoms with Crippen LogP contribution in [0.15, 0.2) is 104 Å². The van der Waals surface area contributed by atoms with Gasteiger partial charge in [-0.2, -0.15) is 13.2 Å². The second-order valence-corrected chi connectivity index (χ2v) is 7.44. The van der Waals surface area contributed by atoms with Gasteiger partial charge in [0.1, 0.15) is 0 Å². The number of hydrogen-bond acceptors (Lipinski definition) is 1. The minimum atomic E-state index is -4.42. The number of fused-ring (bicyclic) bond motifs is 2. The maximum Gasteiger partial charge on any atom is 0.416 e. The van der Waals surface area contributed by atoms with Crippen LogP contribution in [0.3, 0.4) is 0 Å². The van der Waals surface area contributed by atoms with Gasteiger partial charge in [-0.15, -0.1) is 0 Å². The minimum absolute atomic E-state index is 0.521. The Morgan fingerprint density at radius 1 is 0.581 bits per heavy atom. The Kier molecular flexibility index (Phi) is 4.44. The van der Waals surface area contributed by atoms with E-state index in [0.29, 0.717) is 11.3 Å². The molecule has 0 saturated heterocycles. The number of halogens is 3. The van der Waals surface area contributed by atoms with Gasteiger partial charge in [0.2, 0.25) is 0 Å². The maximum atomic E-state index is 13.6. The van der Waals surface area contributed by atoms with Crippen LogP contribution < -0.4 is 4.90 Å². The number of nitrogens with zero attached hydrogens (tertiary/aromatic N) is 1. The Hall–Kier alpha value is -3.79. The van der Waals surface area contributed by atoms with E-state index in [1.54, 1.807) is 6.07 Å². The van der Waals surface area contributed by atoms with E-state index in [2.05, 4.69) is 6.58 Å². The van der Waals surface area contributed by atoms with Crippen LogP contribution in [0.4, 0.5) is 30.2 Å². The highest BCUT2D eigenvalue weighted by Crippen LogP contribution is 2.50. The van der Waals surface area contributed by atoms with Crippen LogP contribution in [0.2, 0.25) is 0 Å². The highest BCUT2D eigenvalue weighted by atomic mass is 19.4. The second-order valence-electron chi connectivity index (χ2n) is 7.44. The third-order valence-corrected chi connectivity index (χ3v) is 5.59. The molecule has 0 unspecified atom stereocenters. The van der Waals surface area contributed by atoms with Crippen LogP contribution in [0, 0.1) is 0 Å². The number of benzene rings is 4. The SMILES string of the molecule is C=C1c2ccccc2N(c2ccc(C(F)(F)F)cc2-c2ccccc2)c2ccccc21. The van der Waals surface area contributed by atoms with Crippen LogP contribution in [-0.2, 0) is 6.18 Å². The summed E-state index contributed by atoms with van der Waals surface area (Å²) in [6, 6.07) is 28.8. The van der Waals surface area contributed by atoms with Gasteiger partial charge in [-0.25, -0.2) is 0 Å². The first kappa shape index (κ1) is 19.2. The fraction of sp³-hybridized carbons (Fsp3) is 0.0370. The highest BCUT2D eigenvalue weighted by Gasteiger charge is 2.33. The standard InChI is InChI=1S/C27H18F3N/c1-18-21-11-5-7-13-24(21)31(25-14-8-6-12-22(18)25)26-16-15-20(27(28,29)30)17-23(26)19-9-3-2-4-10-19/h2-17H,1H2. The van der Waals surface area contributed by atoms with Gasteiger partial charge in [-0.3, -0.25) is 0 Å². The molecule has 1 aliphatic rings. The van der Waals surface area contributed by atoms with Crippen molar-refractivity contribution in [2.75, 3.05) is 4.90 Å². The average Bonchev–Trinajstić information content (AvgIpc) is 2.79. The monoisotopic (exact) mass is 413 g/mol. The number of hydrogen-bond donors (Lipinski definition) is 0. The number of rotatable bonds is 2. The summed E-state index contributed by atoms with van der Waals surface area (Å²) in [6.45, 7) is 4.28. The molecule has 1 aliphatic heterocycles. The number of alkyl halides is 3. The molecule has 0 amide bonds. The number of anilines is 3. The molecule has 4 aromatic rings. The summed E-state index contributed by atoms with van der Waals surface area (Å²) in [6.07, 6.45) is -4.42. The molecular formula is C27H18F3N. The molecular weight excluding hydrogens is 395 g/mol. The maximum absolute atomic E-state index is 13.6. The van der Waals surface area contributed by atoms with Crippen molar-refractivity contribution in [2.45, 2.75) is 6.18 Å². The molecule has 1 nitrogen and oxygen atoms in total. The van der Waals surface area contributed by atoms with Crippen molar-refractivity contribution in [1.82, 2.24) is 0 Å². The molecule has 0 atom stereocenters. The van der Waals surface area contributed by atoms with Gasteiger partial charge < -0.3 is 4.90 Å². The molecule has 31 heavy (non-hydrogen) atoms. The average molecular weight is 413 g/mol. The van der Waals surface area contributed by atoms with Crippen molar-refractivity contribution < 1.29 is 13.2 Å². The first-order valence-corrected chi connectivity index (χ1v) is 9.89. The Bertz CT molecular complexity index is 1240. The topological polar surface area (TPSA) is 3.24 Å². The van der Waals surface area contributed by atoms with Crippen molar-refractivity contribution in [3.63, 3.8) is 0 Å². The van der Waals surface area contributed by atoms with E-state index >= 15 is 0 Å². The molecule has 5 rings (SSSR count). The van der Waals surface area contributed by atoms with Crippen molar-refractivity contribution in [3.8, 4) is 11.1 Å². The molecule has 0 saturated carbocycles. The van der Waals surface area contributed by atoms with Crippen LogP contribution >= 0.6 is 0 Å². The first-order valence-electron chi connectivity index (χ1n) is 9.89. The van der Waals surface area contributed by atoms with Gasteiger partial charge in [-0.1, -0.05) is 73.3 Å². The fourth-order valence-corrected chi connectivity index (χ4v) is 4.14. The van der Waals surface area contributed by atoms with E-state index in [1.165, 1.54) is 6.07 Å². The molecule has 0 fully saturated rings. The molecule has 0 aliphatic carbocycles. The summed E-state index contributed by atoms with van der Waals surface area (Å²) < 4.78 is 40.7. The largest absolute Gasteiger partial charge is 0.416 e. The lowest BCUT2D eigenvalue weighted by Crippen LogP contribution is -2.19. The molecule has 4 aromatic carbocycles. The van der Waals surface area contributed by atoms with Crippen LogP contribution in [0.1, 0.15) is 16.7 Å².